The SMILES string of the molecule is C[C@@H](CCc1ccccc1)NC(=O)c1cc2n(n1)C[C@](C)(C(=O)NC1CCCCCC1)N(C)C2=O. The van der Waals surface area contributed by atoms with E-state index in [-0.39, 0.29) is 42.0 Å². The molecule has 188 valence electrons. The van der Waals surface area contributed by atoms with Crippen molar-refractivity contribution in [1.29, 1.82) is 0 Å². The molecule has 1 fully saturated rings. The van der Waals surface area contributed by atoms with Gasteiger partial charge in [-0.25, -0.2) is 0 Å². The van der Waals surface area contributed by atoms with Gasteiger partial charge >= 0.3 is 0 Å². The number of nitrogens with zero attached hydrogens (tertiary/aromatic N) is 3. The van der Waals surface area contributed by atoms with E-state index in [1.54, 1.807) is 14.0 Å². The van der Waals surface area contributed by atoms with Crippen LogP contribution < -0.4 is 10.6 Å². The number of likely N-dealkylation sites (N-methyl/N-ethyl adjacent to an activating group) is 1. The van der Waals surface area contributed by atoms with Gasteiger partial charge in [-0.1, -0.05) is 56.0 Å². The van der Waals surface area contributed by atoms with Gasteiger partial charge in [0.05, 0.1) is 6.54 Å². The maximum atomic E-state index is 13.3. The zero-order chi connectivity index (χ0) is 25.0. The van der Waals surface area contributed by atoms with Gasteiger partial charge in [0, 0.05) is 25.2 Å². The van der Waals surface area contributed by atoms with Crippen LogP contribution in [0.5, 0.6) is 0 Å². The van der Waals surface area contributed by atoms with Crippen LogP contribution >= 0.6 is 0 Å². The summed E-state index contributed by atoms with van der Waals surface area (Å²) in [5, 5.41) is 10.6. The Hall–Kier alpha value is -3.16. The minimum atomic E-state index is -1.07. The fraction of sp³-hybridized carbons (Fsp3) is 0.556. The van der Waals surface area contributed by atoms with Crippen molar-refractivity contribution in [2.24, 2.45) is 0 Å². The van der Waals surface area contributed by atoms with E-state index >= 15 is 0 Å². The lowest BCUT2D eigenvalue weighted by atomic mass is 9.95. The van der Waals surface area contributed by atoms with Crippen molar-refractivity contribution < 1.29 is 14.4 Å². The standard InChI is InChI=1S/C27H37N5O3/c1-19(15-16-20-11-7-6-8-12-20)28-24(33)22-17-23-25(34)31(3)27(2,18-32(23)30-22)26(35)29-21-13-9-4-5-10-14-21/h6-8,11-12,17,19,21H,4-5,9-10,13-16,18H2,1-3H3,(H,28,33)(H,29,35)/t19-,27+/m0/s1. The molecule has 0 spiro atoms. The predicted molar refractivity (Wildman–Crippen MR) is 134 cm³/mol. The molecule has 35 heavy (non-hydrogen) atoms. The normalized spacial score (nSPS) is 21.7. The van der Waals surface area contributed by atoms with E-state index in [1.807, 2.05) is 25.1 Å². The Kier molecular flexibility index (Phi) is 7.57. The number of aromatic nitrogens is 2. The van der Waals surface area contributed by atoms with Crippen LogP contribution in [-0.2, 0) is 17.8 Å². The van der Waals surface area contributed by atoms with Gasteiger partial charge in [-0.15, -0.1) is 0 Å². The van der Waals surface area contributed by atoms with Crippen LogP contribution in [0.25, 0.3) is 0 Å². The van der Waals surface area contributed by atoms with Crippen LogP contribution in [0.4, 0.5) is 0 Å². The maximum Gasteiger partial charge on any atom is 0.272 e. The first-order valence-corrected chi connectivity index (χ1v) is 12.8. The molecule has 3 amide bonds. The Morgan fingerprint density at radius 1 is 1.14 bits per heavy atom. The van der Waals surface area contributed by atoms with Crippen molar-refractivity contribution in [1.82, 2.24) is 25.3 Å². The topological polar surface area (TPSA) is 96.3 Å². The molecule has 0 unspecified atom stereocenters. The Balaban J connectivity index is 1.41. The lowest BCUT2D eigenvalue weighted by Gasteiger charge is -2.41. The number of aryl methyl sites for hydroxylation is 1. The molecule has 8 heteroatoms. The largest absolute Gasteiger partial charge is 0.351 e. The molecule has 2 aliphatic rings. The van der Waals surface area contributed by atoms with Crippen molar-refractivity contribution in [3.8, 4) is 0 Å². The van der Waals surface area contributed by atoms with Gasteiger partial charge in [0.2, 0.25) is 5.91 Å². The van der Waals surface area contributed by atoms with Gasteiger partial charge in [-0.2, -0.15) is 5.10 Å². The zero-order valence-corrected chi connectivity index (χ0v) is 21.0. The number of hydrogen-bond donors (Lipinski definition) is 2. The molecular weight excluding hydrogens is 442 g/mol. The van der Waals surface area contributed by atoms with E-state index in [9.17, 15) is 14.4 Å². The van der Waals surface area contributed by atoms with Crippen molar-refractivity contribution in [2.45, 2.75) is 89.4 Å². The third-order valence-corrected chi connectivity index (χ3v) is 7.50. The molecule has 1 aliphatic carbocycles. The van der Waals surface area contributed by atoms with Crippen molar-refractivity contribution in [3.05, 3.63) is 53.3 Å². The van der Waals surface area contributed by atoms with Crippen molar-refractivity contribution in [3.63, 3.8) is 0 Å². The minimum absolute atomic E-state index is 0.0459. The highest BCUT2D eigenvalue weighted by molar-refractivity contribution is 6.01. The number of fused-ring (bicyclic) bond motifs is 1. The highest BCUT2D eigenvalue weighted by Crippen LogP contribution is 2.27. The monoisotopic (exact) mass is 479 g/mol. The predicted octanol–water partition coefficient (Wildman–Crippen LogP) is 3.32. The summed E-state index contributed by atoms with van der Waals surface area (Å²) in [6.07, 6.45) is 8.23. The van der Waals surface area contributed by atoms with E-state index in [0.717, 1.165) is 38.5 Å². The fourth-order valence-corrected chi connectivity index (χ4v) is 5.00. The van der Waals surface area contributed by atoms with Crippen LogP contribution in [0.3, 0.4) is 0 Å². The average Bonchev–Trinajstić information content (AvgIpc) is 3.10. The van der Waals surface area contributed by atoms with Crippen LogP contribution in [-0.4, -0.2) is 57.1 Å². The molecular formula is C27H37N5O3. The summed E-state index contributed by atoms with van der Waals surface area (Å²) < 4.78 is 1.51. The number of hydrogen-bond acceptors (Lipinski definition) is 4. The molecule has 1 saturated carbocycles. The Labute approximate surface area is 207 Å². The molecule has 1 aromatic heterocycles. The number of carbonyl (C=O) groups is 3. The molecule has 4 rings (SSSR count). The van der Waals surface area contributed by atoms with Gasteiger partial charge in [-0.05, 0) is 45.1 Å². The summed E-state index contributed by atoms with van der Waals surface area (Å²) >= 11 is 0. The smallest absolute Gasteiger partial charge is 0.272 e. The number of benzene rings is 1. The molecule has 2 aromatic rings. The molecule has 2 atom stereocenters. The van der Waals surface area contributed by atoms with E-state index in [4.69, 9.17) is 0 Å². The van der Waals surface area contributed by atoms with Crippen LogP contribution in [0, 0.1) is 0 Å². The Morgan fingerprint density at radius 2 is 1.83 bits per heavy atom. The second-order valence-electron chi connectivity index (χ2n) is 10.3. The van der Waals surface area contributed by atoms with Crippen LogP contribution in [0.15, 0.2) is 36.4 Å². The molecule has 0 bridgehead atoms. The van der Waals surface area contributed by atoms with Crippen molar-refractivity contribution >= 4 is 17.7 Å². The lowest BCUT2D eigenvalue weighted by molar-refractivity contribution is -0.133. The number of rotatable bonds is 7. The summed E-state index contributed by atoms with van der Waals surface area (Å²) in [6, 6.07) is 11.8. The van der Waals surface area contributed by atoms with Gasteiger partial charge in [-0.3, -0.25) is 19.1 Å². The third-order valence-electron chi connectivity index (χ3n) is 7.50. The average molecular weight is 480 g/mol. The second-order valence-corrected chi connectivity index (χ2v) is 10.3. The molecule has 2 heterocycles. The number of carbonyl (C=O) groups excluding carboxylic acids is 3. The molecule has 2 N–H and O–H groups in total. The molecule has 0 radical (unpaired) electrons. The minimum Gasteiger partial charge on any atom is -0.351 e. The third kappa shape index (κ3) is 5.57. The van der Waals surface area contributed by atoms with E-state index in [2.05, 4.69) is 27.9 Å². The summed E-state index contributed by atoms with van der Waals surface area (Å²) in [6.45, 7) is 3.94. The molecule has 8 nitrogen and oxygen atoms in total. The van der Waals surface area contributed by atoms with E-state index in [0.29, 0.717) is 5.69 Å². The van der Waals surface area contributed by atoms with Gasteiger partial charge in [0.15, 0.2) is 5.69 Å². The summed E-state index contributed by atoms with van der Waals surface area (Å²) in [4.78, 5) is 40.8. The van der Waals surface area contributed by atoms with E-state index < -0.39 is 5.54 Å². The fourth-order valence-electron chi connectivity index (χ4n) is 5.00. The molecule has 0 saturated heterocycles. The maximum absolute atomic E-state index is 13.3. The Bertz CT molecular complexity index is 1060. The first-order valence-electron chi connectivity index (χ1n) is 12.8. The van der Waals surface area contributed by atoms with Gasteiger partial charge < -0.3 is 15.5 Å². The highest BCUT2D eigenvalue weighted by atomic mass is 16.2. The van der Waals surface area contributed by atoms with Gasteiger partial charge in [0.25, 0.3) is 11.8 Å². The Morgan fingerprint density at radius 3 is 2.51 bits per heavy atom. The molecule has 1 aliphatic heterocycles. The quantitative estimate of drug-likeness (QED) is 0.596. The second kappa shape index (κ2) is 10.6. The first kappa shape index (κ1) is 24.9. The van der Waals surface area contributed by atoms with Crippen LogP contribution in [0.2, 0.25) is 0 Å². The number of nitrogens with one attached hydrogen (secondary N) is 2. The van der Waals surface area contributed by atoms with Gasteiger partial charge in [0.1, 0.15) is 11.2 Å². The highest BCUT2D eigenvalue weighted by Gasteiger charge is 2.46. The molecule has 1 aromatic carbocycles. The lowest BCUT2D eigenvalue weighted by Crippen LogP contribution is -2.63. The number of amides is 3. The zero-order valence-electron chi connectivity index (χ0n) is 21.0. The first-order chi connectivity index (χ1) is 16.8. The summed E-state index contributed by atoms with van der Waals surface area (Å²) in [5.74, 6) is -0.784. The summed E-state index contributed by atoms with van der Waals surface area (Å²) in [7, 11) is 1.65. The van der Waals surface area contributed by atoms with Crippen LogP contribution in [0.1, 0.15) is 85.3 Å². The van der Waals surface area contributed by atoms with E-state index in [1.165, 1.54) is 34.1 Å². The van der Waals surface area contributed by atoms with Crippen molar-refractivity contribution in [2.75, 3.05) is 7.05 Å². The summed E-state index contributed by atoms with van der Waals surface area (Å²) in [5.41, 5.74) is 0.677.